The van der Waals surface area contributed by atoms with Gasteiger partial charge in [-0.2, -0.15) is 0 Å². The summed E-state index contributed by atoms with van der Waals surface area (Å²) in [6.45, 7) is 5.26. The summed E-state index contributed by atoms with van der Waals surface area (Å²) >= 11 is 0. The van der Waals surface area contributed by atoms with E-state index in [0.717, 1.165) is 39.3 Å². The third-order valence-corrected chi connectivity index (χ3v) is 3.41. The molecule has 1 aliphatic heterocycles. The number of hydrogen-bond donors (Lipinski definition) is 1. The van der Waals surface area contributed by atoms with Gasteiger partial charge in [0, 0.05) is 19.6 Å². The molecule has 3 rings (SSSR count). The normalized spacial score (nSPS) is 15.8. The summed E-state index contributed by atoms with van der Waals surface area (Å²) in [5, 5.41) is 3.58. The fourth-order valence-corrected chi connectivity index (χ4v) is 2.25. The van der Waals surface area contributed by atoms with Crippen LogP contribution in [0, 0.1) is 0 Å². The van der Waals surface area contributed by atoms with Crippen LogP contribution in [0.3, 0.4) is 0 Å². The van der Waals surface area contributed by atoms with Gasteiger partial charge in [-0.05, 0) is 18.6 Å². The summed E-state index contributed by atoms with van der Waals surface area (Å²) in [7, 11) is 0. The van der Waals surface area contributed by atoms with E-state index in [0.29, 0.717) is 23.9 Å². The molecule has 0 saturated carbocycles. The monoisotopic (exact) mass is 306 g/mol. The minimum absolute atomic E-state index is 0.309. The zero-order valence-electron chi connectivity index (χ0n) is 12.2. The van der Waals surface area contributed by atoms with Crippen LogP contribution in [0.1, 0.15) is 6.42 Å². The van der Waals surface area contributed by atoms with Gasteiger partial charge in [0.05, 0.1) is 26.0 Å². The molecular weight excluding hydrogens is 288 g/mol. The maximum Gasteiger partial charge on any atom is 0.439 e. The van der Waals surface area contributed by atoms with Gasteiger partial charge in [-0.25, -0.2) is 9.78 Å². The van der Waals surface area contributed by atoms with Crippen LogP contribution in [0.15, 0.2) is 27.6 Å². The Morgan fingerprint density at radius 2 is 2.18 bits per heavy atom. The van der Waals surface area contributed by atoms with Gasteiger partial charge in [-0.1, -0.05) is 5.16 Å². The molecule has 1 N–H and O–H groups in total. The number of aromatic amines is 1. The van der Waals surface area contributed by atoms with E-state index in [-0.39, 0.29) is 0 Å². The molecular formula is C14H18N4O4. The van der Waals surface area contributed by atoms with Crippen molar-refractivity contribution in [3.8, 4) is 17.3 Å². The Labute approximate surface area is 127 Å². The maximum absolute atomic E-state index is 10.9. The van der Waals surface area contributed by atoms with Crippen molar-refractivity contribution >= 4 is 0 Å². The van der Waals surface area contributed by atoms with Gasteiger partial charge in [0.1, 0.15) is 11.4 Å². The zero-order chi connectivity index (χ0) is 15.2. The molecule has 1 saturated heterocycles. The number of morpholine rings is 1. The molecule has 2 aromatic rings. The van der Waals surface area contributed by atoms with Gasteiger partial charge in [-0.15, -0.1) is 0 Å². The second-order valence-corrected chi connectivity index (χ2v) is 4.98. The summed E-state index contributed by atoms with van der Waals surface area (Å²) in [5.41, 5.74) is 0.534. The molecule has 2 aromatic heterocycles. The van der Waals surface area contributed by atoms with E-state index in [9.17, 15) is 4.79 Å². The molecule has 22 heavy (non-hydrogen) atoms. The van der Waals surface area contributed by atoms with Gasteiger partial charge in [-0.3, -0.25) is 14.4 Å². The Balaban J connectivity index is 1.44. The van der Waals surface area contributed by atoms with Gasteiger partial charge in [0.15, 0.2) is 0 Å². The molecule has 8 nitrogen and oxygen atoms in total. The van der Waals surface area contributed by atoms with Crippen molar-refractivity contribution in [2.75, 3.05) is 39.5 Å². The number of ether oxygens (including phenoxy) is 2. The third-order valence-electron chi connectivity index (χ3n) is 3.41. The number of nitrogens with zero attached hydrogens (tertiary/aromatic N) is 3. The standard InChI is InChI=1S/C14H18N4O4/c19-14-16-13(17-22-14)12-3-2-11(10-15-12)21-7-1-4-18-5-8-20-9-6-18/h2-3,10H,1,4-9H2,(H,16,17,19). The lowest BCUT2D eigenvalue weighted by Crippen LogP contribution is -2.37. The predicted molar refractivity (Wildman–Crippen MR) is 77.7 cm³/mol. The Kier molecular flexibility index (Phi) is 4.81. The Morgan fingerprint density at radius 3 is 2.86 bits per heavy atom. The summed E-state index contributed by atoms with van der Waals surface area (Å²) in [5.74, 6) is 0.403. The lowest BCUT2D eigenvalue weighted by atomic mass is 10.3. The average molecular weight is 306 g/mol. The minimum atomic E-state index is -0.597. The quantitative estimate of drug-likeness (QED) is 0.778. The first-order chi connectivity index (χ1) is 10.8. The minimum Gasteiger partial charge on any atom is -0.492 e. The van der Waals surface area contributed by atoms with Crippen LogP contribution in [0.25, 0.3) is 11.5 Å². The smallest absolute Gasteiger partial charge is 0.439 e. The van der Waals surface area contributed by atoms with E-state index >= 15 is 0 Å². The molecule has 0 bridgehead atoms. The summed E-state index contributed by atoms with van der Waals surface area (Å²) in [4.78, 5) is 19.9. The number of hydrogen-bond acceptors (Lipinski definition) is 7. The van der Waals surface area contributed by atoms with Gasteiger partial charge in [0.25, 0.3) is 0 Å². The van der Waals surface area contributed by atoms with E-state index < -0.39 is 5.76 Å². The topological polar surface area (TPSA) is 93.5 Å². The summed E-state index contributed by atoms with van der Waals surface area (Å²) in [6, 6.07) is 3.52. The van der Waals surface area contributed by atoms with Crippen molar-refractivity contribution in [2.24, 2.45) is 0 Å². The fourth-order valence-electron chi connectivity index (χ4n) is 2.25. The van der Waals surface area contributed by atoms with E-state index in [1.807, 2.05) is 0 Å². The summed E-state index contributed by atoms with van der Waals surface area (Å²) in [6.07, 6.45) is 2.56. The maximum atomic E-state index is 10.9. The van der Waals surface area contributed by atoms with Crippen LogP contribution >= 0.6 is 0 Å². The second kappa shape index (κ2) is 7.19. The molecule has 0 radical (unpaired) electrons. The number of aromatic nitrogens is 3. The largest absolute Gasteiger partial charge is 0.492 e. The zero-order valence-corrected chi connectivity index (χ0v) is 12.2. The fraction of sp³-hybridized carbons (Fsp3) is 0.500. The molecule has 0 aliphatic carbocycles. The molecule has 0 atom stereocenters. The Hall–Kier alpha value is -2.19. The highest BCUT2D eigenvalue weighted by Gasteiger charge is 2.09. The molecule has 3 heterocycles. The predicted octanol–water partition coefficient (Wildman–Crippen LogP) is 0.526. The highest BCUT2D eigenvalue weighted by molar-refractivity contribution is 5.48. The number of rotatable bonds is 6. The van der Waals surface area contributed by atoms with E-state index in [1.54, 1.807) is 18.3 Å². The molecule has 1 fully saturated rings. The molecule has 0 spiro atoms. The van der Waals surface area contributed by atoms with Crippen LogP contribution in [0.5, 0.6) is 5.75 Å². The van der Waals surface area contributed by atoms with Crippen LogP contribution in [0.4, 0.5) is 0 Å². The van der Waals surface area contributed by atoms with E-state index in [1.165, 1.54) is 0 Å². The first-order valence-corrected chi connectivity index (χ1v) is 7.26. The van der Waals surface area contributed by atoms with E-state index in [4.69, 9.17) is 9.47 Å². The van der Waals surface area contributed by atoms with Crippen LogP contribution in [-0.2, 0) is 4.74 Å². The molecule has 0 unspecified atom stereocenters. The van der Waals surface area contributed by atoms with Gasteiger partial charge >= 0.3 is 5.76 Å². The highest BCUT2D eigenvalue weighted by Crippen LogP contribution is 2.15. The second-order valence-electron chi connectivity index (χ2n) is 4.98. The highest BCUT2D eigenvalue weighted by atomic mass is 16.5. The van der Waals surface area contributed by atoms with Gasteiger partial charge in [0.2, 0.25) is 5.82 Å². The van der Waals surface area contributed by atoms with Crippen LogP contribution in [0.2, 0.25) is 0 Å². The van der Waals surface area contributed by atoms with Crippen molar-refractivity contribution in [1.29, 1.82) is 0 Å². The summed E-state index contributed by atoms with van der Waals surface area (Å²) < 4.78 is 15.4. The molecule has 0 aromatic carbocycles. The molecule has 8 heteroatoms. The Bertz CT molecular complexity index is 631. The molecule has 0 amide bonds. The van der Waals surface area contributed by atoms with Crippen molar-refractivity contribution < 1.29 is 14.0 Å². The first-order valence-electron chi connectivity index (χ1n) is 7.26. The lowest BCUT2D eigenvalue weighted by molar-refractivity contribution is 0.0358. The van der Waals surface area contributed by atoms with Crippen molar-refractivity contribution in [3.63, 3.8) is 0 Å². The first kappa shape index (κ1) is 14.7. The molecule has 118 valence electrons. The van der Waals surface area contributed by atoms with Crippen LogP contribution < -0.4 is 10.5 Å². The molecule has 1 aliphatic rings. The number of nitrogens with one attached hydrogen (secondary N) is 1. The average Bonchev–Trinajstić information content (AvgIpc) is 3.00. The van der Waals surface area contributed by atoms with Crippen LogP contribution in [-0.4, -0.2) is 59.5 Å². The third kappa shape index (κ3) is 3.92. The van der Waals surface area contributed by atoms with Crippen molar-refractivity contribution in [1.82, 2.24) is 20.0 Å². The number of pyridine rings is 1. The van der Waals surface area contributed by atoms with E-state index in [2.05, 4.69) is 24.5 Å². The Morgan fingerprint density at radius 1 is 1.32 bits per heavy atom. The SMILES string of the molecule is O=c1[nH]c(-c2ccc(OCCCN3CCOCC3)cn2)no1. The lowest BCUT2D eigenvalue weighted by Gasteiger charge is -2.26. The number of H-pyrrole nitrogens is 1. The van der Waals surface area contributed by atoms with Crippen molar-refractivity contribution in [3.05, 3.63) is 28.9 Å². The van der Waals surface area contributed by atoms with Gasteiger partial charge < -0.3 is 9.47 Å². The van der Waals surface area contributed by atoms with Crippen molar-refractivity contribution in [2.45, 2.75) is 6.42 Å².